The lowest BCUT2D eigenvalue weighted by molar-refractivity contribution is -0.125. The van der Waals surface area contributed by atoms with Gasteiger partial charge >= 0.3 is 0 Å². The van der Waals surface area contributed by atoms with Crippen molar-refractivity contribution in [2.75, 3.05) is 6.61 Å². The Morgan fingerprint density at radius 3 is 2.00 bits per heavy atom. The first-order chi connectivity index (χ1) is 9.11. The van der Waals surface area contributed by atoms with E-state index in [4.69, 9.17) is 4.74 Å². The van der Waals surface area contributed by atoms with E-state index in [1.54, 1.807) is 27.7 Å². The maximum atomic E-state index is 10.6. The average molecular weight is 288 g/mol. The minimum absolute atomic E-state index is 0.0573. The highest BCUT2D eigenvalue weighted by Crippen LogP contribution is 2.34. The summed E-state index contributed by atoms with van der Waals surface area (Å²) in [7, 11) is 0. The summed E-state index contributed by atoms with van der Waals surface area (Å²) in [6, 6.07) is 0. The highest BCUT2D eigenvalue weighted by atomic mass is 16.6. The van der Waals surface area contributed by atoms with Crippen LogP contribution in [0.25, 0.3) is 0 Å². The Balaban J connectivity index is 3.10. The zero-order chi connectivity index (χ0) is 15.7. The van der Waals surface area contributed by atoms with Crippen LogP contribution in [0.5, 0.6) is 0 Å². The van der Waals surface area contributed by atoms with Gasteiger partial charge in [-0.1, -0.05) is 0 Å². The molecule has 0 bridgehead atoms. The van der Waals surface area contributed by atoms with Crippen molar-refractivity contribution in [3.8, 4) is 0 Å². The number of aliphatic hydroxyl groups excluding tert-OH is 4. The Kier molecular flexibility index (Phi) is 5.21. The normalized spacial score (nSPS) is 23.4. The highest BCUT2D eigenvalue weighted by molar-refractivity contribution is 5.22. The van der Waals surface area contributed by atoms with Gasteiger partial charge in [0.1, 0.15) is 23.7 Å². The summed E-state index contributed by atoms with van der Waals surface area (Å²) in [6.07, 6.45) is -3.79. The molecule has 0 aromatic heterocycles. The van der Waals surface area contributed by atoms with Crippen molar-refractivity contribution in [1.29, 1.82) is 0 Å². The third kappa shape index (κ3) is 3.52. The van der Waals surface area contributed by atoms with Crippen LogP contribution in [0.3, 0.4) is 0 Å². The van der Waals surface area contributed by atoms with Gasteiger partial charge < -0.3 is 30.3 Å². The topological polar surface area (TPSA) is 114 Å². The Morgan fingerprint density at radius 1 is 1.15 bits per heavy atom. The van der Waals surface area contributed by atoms with Crippen molar-refractivity contribution in [3.63, 3.8) is 0 Å². The molecule has 0 radical (unpaired) electrons. The molecule has 1 fully saturated rings. The molecule has 0 aliphatic carbocycles. The molecule has 20 heavy (non-hydrogen) atoms. The summed E-state index contributed by atoms with van der Waals surface area (Å²) < 4.78 is 5.01. The second-order valence-electron chi connectivity index (χ2n) is 5.71. The molecular weight excluding hydrogens is 264 g/mol. The van der Waals surface area contributed by atoms with Crippen molar-refractivity contribution < 1.29 is 30.3 Å². The van der Waals surface area contributed by atoms with Crippen LogP contribution in [-0.4, -0.2) is 56.1 Å². The average Bonchev–Trinajstić information content (AvgIpc) is 3.18. The van der Waals surface area contributed by atoms with E-state index in [-0.39, 0.29) is 12.5 Å². The number of hydrogen-bond donors (Lipinski definition) is 5. The molecule has 0 spiro atoms. The molecule has 0 aromatic carbocycles. The van der Waals surface area contributed by atoms with Crippen molar-refractivity contribution in [3.05, 3.63) is 22.7 Å². The minimum atomic E-state index is -2.07. The number of hydrogen-bond acceptors (Lipinski definition) is 6. The molecule has 6 heteroatoms. The smallest absolute Gasteiger partial charge is 0.152 e. The lowest BCUT2D eigenvalue weighted by Gasteiger charge is -2.35. The van der Waals surface area contributed by atoms with E-state index >= 15 is 0 Å². The van der Waals surface area contributed by atoms with E-state index < -0.39 is 29.3 Å². The largest absolute Gasteiger partial charge is 0.510 e. The van der Waals surface area contributed by atoms with Gasteiger partial charge in [0.15, 0.2) is 5.60 Å². The van der Waals surface area contributed by atoms with Gasteiger partial charge in [-0.25, -0.2) is 0 Å². The summed E-state index contributed by atoms with van der Waals surface area (Å²) in [6.45, 7) is 6.71. The third-order valence-electron chi connectivity index (χ3n) is 3.41. The van der Waals surface area contributed by atoms with Crippen LogP contribution in [0.4, 0.5) is 0 Å². The van der Waals surface area contributed by atoms with Crippen molar-refractivity contribution in [1.82, 2.24) is 0 Å². The van der Waals surface area contributed by atoms with Crippen LogP contribution in [0.1, 0.15) is 34.1 Å². The maximum absolute atomic E-state index is 10.6. The van der Waals surface area contributed by atoms with E-state index in [0.29, 0.717) is 17.8 Å². The Hall–Kier alpha value is -1.08. The zero-order valence-electron chi connectivity index (χ0n) is 12.3. The Labute approximate surface area is 118 Å². The zero-order valence-corrected chi connectivity index (χ0v) is 12.3. The Morgan fingerprint density at radius 2 is 1.65 bits per heavy atom. The van der Waals surface area contributed by atoms with E-state index in [2.05, 4.69) is 0 Å². The molecule has 1 saturated heterocycles. The van der Waals surface area contributed by atoms with Crippen molar-refractivity contribution >= 4 is 0 Å². The van der Waals surface area contributed by atoms with Gasteiger partial charge in [-0.2, -0.15) is 0 Å². The first-order valence-electron chi connectivity index (χ1n) is 6.54. The summed E-state index contributed by atoms with van der Waals surface area (Å²) in [5.74, 6) is -0.838. The van der Waals surface area contributed by atoms with Gasteiger partial charge in [0.25, 0.3) is 0 Å². The molecule has 0 saturated carbocycles. The van der Waals surface area contributed by atoms with Crippen LogP contribution in [0.15, 0.2) is 22.7 Å². The van der Waals surface area contributed by atoms with Gasteiger partial charge in [0.05, 0.1) is 12.7 Å². The monoisotopic (exact) mass is 288 g/mol. The first-order valence-corrected chi connectivity index (χ1v) is 6.54. The number of rotatable bonds is 6. The van der Waals surface area contributed by atoms with E-state index in [0.717, 1.165) is 0 Å². The summed E-state index contributed by atoms with van der Waals surface area (Å²) in [5, 5.41) is 50.6. The van der Waals surface area contributed by atoms with Gasteiger partial charge in [-0.15, -0.1) is 0 Å². The van der Waals surface area contributed by atoms with Gasteiger partial charge in [0, 0.05) is 6.42 Å². The van der Waals surface area contributed by atoms with Crippen LogP contribution >= 0.6 is 0 Å². The van der Waals surface area contributed by atoms with Gasteiger partial charge in [0.2, 0.25) is 0 Å². The predicted molar refractivity (Wildman–Crippen MR) is 73.3 cm³/mol. The second-order valence-corrected chi connectivity index (χ2v) is 5.71. The second kappa shape index (κ2) is 6.13. The summed E-state index contributed by atoms with van der Waals surface area (Å²) >= 11 is 0. The molecular formula is C14H24O6. The van der Waals surface area contributed by atoms with E-state index in [1.165, 1.54) is 0 Å². The summed E-state index contributed by atoms with van der Waals surface area (Å²) in [5.41, 5.74) is -1.24. The fourth-order valence-electron chi connectivity index (χ4n) is 2.03. The van der Waals surface area contributed by atoms with Gasteiger partial charge in [-0.3, -0.25) is 0 Å². The van der Waals surface area contributed by atoms with Crippen LogP contribution in [0.2, 0.25) is 0 Å². The standard InChI is InChI=1S/C14H24O6/c1-7(2)10(15)11(16)13(18)14(19,5-9-6-20-9)12(17)8(3)4/h9,11,13,15-19H,5-6H2,1-4H3/t9?,11-,13+,14+/m1/s1. The first kappa shape index (κ1) is 17.0. The Bertz CT molecular complexity index is 415. The molecule has 0 amide bonds. The fourth-order valence-corrected chi connectivity index (χ4v) is 2.03. The fraction of sp³-hybridized carbons (Fsp3) is 0.714. The SMILES string of the molecule is CC(C)=C(O)[C@@H](O)[C@H](O)[C@](O)(CC1CO1)C(O)=C(C)C. The maximum Gasteiger partial charge on any atom is 0.152 e. The predicted octanol–water partition coefficient (Wildman–Crippen LogP) is 0.932. The molecule has 1 aliphatic rings. The third-order valence-corrected chi connectivity index (χ3v) is 3.41. The van der Waals surface area contributed by atoms with Crippen LogP contribution in [0, 0.1) is 0 Å². The van der Waals surface area contributed by atoms with Crippen molar-refractivity contribution in [2.24, 2.45) is 0 Å². The molecule has 0 aromatic rings. The highest BCUT2D eigenvalue weighted by Gasteiger charge is 2.49. The lowest BCUT2D eigenvalue weighted by Crippen LogP contribution is -2.52. The van der Waals surface area contributed by atoms with Crippen LogP contribution < -0.4 is 0 Å². The van der Waals surface area contributed by atoms with Gasteiger partial charge in [-0.05, 0) is 38.8 Å². The molecule has 5 N–H and O–H groups in total. The number of allylic oxidation sites excluding steroid dienone is 2. The molecule has 116 valence electrons. The number of epoxide rings is 1. The molecule has 1 rings (SSSR count). The van der Waals surface area contributed by atoms with Crippen LogP contribution in [-0.2, 0) is 4.74 Å². The molecule has 6 nitrogen and oxygen atoms in total. The summed E-state index contributed by atoms with van der Waals surface area (Å²) in [4.78, 5) is 0. The lowest BCUT2D eigenvalue weighted by atomic mass is 9.83. The van der Waals surface area contributed by atoms with E-state index in [1.807, 2.05) is 0 Å². The molecule has 1 unspecified atom stereocenters. The van der Waals surface area contributed by atoms with E-state index in [9.17, 15) is 25.5 Å². The molecule has 1 aliphatic heterocycles. The minimum Gasteiger partial charge on any atom is -0.510 e. The number of aliphatic hydroxyl groups is 5. The molecule has 1 heterocycles. The quantitative estimate of drug-likeness (QED) is 0.367. The number of ether oxygens (including phenoxy) is 1. The molecule has 4 atom stereocenters. The van der Waals surface area contributed by atoms with Crippen molar-refractivity contribution in [2.45, 2.75) is 58.0 Å².